The molecule has 1 N–H and O–H groups in total. The molecule has 1 amide bonds. The predicted octanol–water partition coefficient (Wildman–Crippen LogP) is 2.13. The first kappa shape index (κ1) is 14.0. The highest BCUT2D eigenvalue weighted by molar-refractivity contribution is 5.79. The summed E-state index contributed by atoms with van der Waals surface area (Å²) in [4.78, 5) is 18.4. The van der Waals surface area contributed by atoms with Gasteiger partial charge in [0.05, 0.1) is 12.6 Å². The molecule has 1 aliphatic rings. The van der Waals surface area contributed by atoms with Crippen molar-refractivity contribution in [2.45, 2.75) is 45.2 Å². The van der Waals surface area contributed by atoms with Gasteiger partial charge in [-0.15, -0.1) is 0 Å². The number of nitrogens with zero attached hydrogens (tertiary/aromatic N) is 2. The van der Waals surface area contributed by atoms with E-state index in [1.807, 2.05) is 17.2 Å². The summed E-state index contributed by atoms with van der Waals surface area (Å²) >= 11 is 0. The van der Waals surface area contributed by atoms with Crippen molar-refractivity contribution in [3.8, 4) is 0 Å². The Morgan fingerprint density at radius 3 is 3.16 bits per heavy atom. The maximum atomic E-state index is 12.3. The highest BCUT2D eigenvalue weighted by atomic mass is 16.2. The molecule has 2 atom stereocenters. The largest absolute Gasteiger partial charge is 0.334 e. The number of aromatic nitrogens is 1. The fourth-order valence-corrected chi connectivity index (χ4v) is 2.49. The Labute approximate surface area is 115 Å². The standard InChI is InChI=1S/C15H23N3O/c1-3-12(2)17-11-15(19)18-9-5-7-14(18)13-6-4-8-16-10-13/h4,6,8,10,12,14,17H,3,5,7,9,11H2,1-2H3. The van der Waals surface area contributed by atoms with Crippen molar-refractivity contribution in [2.24, 2.45) is 0 Å². The van der Waals surface area contributed by atoms with Gasteiger partial charge >= 0.3 is 0 Å². The minimum absolute atomic E-state index is 0.201. The van der Waals surface area contributed by atoms with E-state index in [9.17, 15) is 4.79 Å². The van der Waals surface area contributed by atoms with Crippen LogP contribution in [0.1, 0.15) is 44.7 Å². The van der Waals surface area contributed by atoms with E-state index in [1.165, 1.54) is 0 Å². The number of carbonyl (C=O) groups excluding carboxylic acids is 1. The van der Waals surface area contributed by atoms with E-state index < -0.39 is 0 Å². The van der Waals surface area contributed by atoms with Crippen molar-refractivity contribution in [3.05, 3.63) is 30.1 Å². The van der Waals surface area contributed by atoms with Crippen molar-refractivity contribution < 1.29 is 4.79 Å². The smallest absolute Gasteiger partial charge is 0.237 e. The van der Waals surface area contributed by atoms with Gasteiger partial charge in [0.1, 0.15) is 0 Å². The molecule has 0 spiro atoms. The van der Waals surface area contributed by atoms with Gasteiger partial charge in [-0.2, -0.15) is 0 Å². The number of hydrogen-bond donors (Lipinski definition) is 1. The lowest BCUT2D eigenvalue weighted by Gasteiger charge is -2.25. The highest BCUT2D eigenvalue weighted by Gasteiger charge is 2.29. The first-order valence-corrected chi connectivity index (χ1v) is 7.15. The normalized spacial score (nSPS) is 20.5. The van der Waals surface area contributed by atoms with Crippen molar-refractivity contribution in [1.29, 1.82) is 0 Å². The molecule has 0 bridgehead atoms. The molecular formula is C15H23N3O. The molecule has 2 unspecified atom stereocenters. The van der Waals surface area contributed by atoms with Crippen LogP contribution in [-0.2, 0) is 4.79 Å². The van der Waals surface area contributed by atoms with Crippen LogP contribution in [0.4, 0.5) is 0 Å². The summed E-state index contributed by atoms with van der Waals surface area (Å²) in [6, 6.07) is 4.60. The Bertz CT molecular complexity index is 407. The Kier molecular flexibility index (Phi) is 4.91. The number of hydrogen-bond acceptors (Lipinski definition) is 3. The Balaban J connectivity index is 1.97. The van der Waals surface area contributed by atoms with Crippen molar-refractivity contribution in [1.82, 2.24) is 15.2 Å². The SMILES string of the molecule is CCC(C)NCC(=O)N1CCCC1c1cccnc1. The molecule has 0 aromatic carbocycles. The molecule has 19 heavy (non-hydrogen) atoms. The number of amides is 1. The van der Waals surface area contributed by atoms with Crippen LogP contribution < -0.4 is 5.32 Å². The predicted molar refractivity (Wildman–Crippen MR) is 75.7 cm³/mol. The molecule has 1 aliphatic heterocycles. The third-order valence-electron chi connectivity index (χ3n) is 3.86. The summed E-state index contributed by atoms with van der Waals surface area (Å²) < 4.78 is 0. The molecule has 4 nitrogen and oxygen atoms in total. The van der Waals surface area contributed by atoms with Gasteiger partial charge in [-0.1, -0.05) is 13.0 Å². The van der Waals surface area contributed by atoms with Crippen molar-refractivity contribution in [3.63, 3.8) is 0 Å². The maximum Gasteiger partial charge on any atom is 0.237 e. The second kappa shape index (κ2) is 6.66. The van der Waals surface area contributed by atoms with Crippen LogP contribution in [0.25, 0.3) is 0 Å². The molecule has 1 aromatic rings. The lowest BCUT2D eigenvalue weighted by atomic mass is 10.1. The topological polar surface area (TPSA) is 45.2 Å². The minimum atomic E-state index is 0.201. The molecule has 2 heterocycles. The molecule has 1 saturated heterocycles. The van der Waals surface area contributed by atoms with Gasteiger partial charge in [-0.25, -0.2) is 0 Å². The van der Waals surface area contributed by atoms with Crippen LogP contribution in [0.15, 0.2) is 24.5 Å². The zero-order valence-corrected chi connectivity index (χ0v) is 11.8. The Morgan fingerprint density at radius 2 is 2.47 bits per heavy atom. The highest BCUT2D eigenvalue weighted by Crippen LogP contribution is 2.31. The molecule has 104 valence electrons. The molecular weight excluding hydrogens is 238 g/mol. The fourth-order valence-electron chi connectivity index (χ4n) is 2.49. The summed E-state index contributed by atoms with van der Waals surface area (Å²) in [5.74, 6) is 0.201. The average Bonchev–Trinajstić information content (AvgIpc) is 2.94. The van der Waals surface area contributed by atoms with Crippen LogP contribution in [0, 0.1) is 0 Å². The maximum absolute atomic E-state index is 12.3. The molecule has 1 fully saturated rings. The van der Waals surface area contributed by atoms with Gasteiger partial charge in [0.15, 0.2) is 0 Å². The van der Waals surface area contributed by atoms with Gasteiger partial charge in [0.2, 0.25) is 5.91 Å². The second-order valence-corrected chi connectivity index (χ2v) is 5.22. The zero-order valence-electron chi connectivity index (χ0n) is 11.8. The van der Waals surface area contributed by atoms with Crippen LogP contribution in [-0.4, -0.2) is 34.9 Å². The summed E-state index contributed by atoms with van der Waals surface area (Å²) in [7, 11) is 0. The molecule has 0 aliphatic carbocycles. The summed E-state index contributed by atoms with van der Waals surface area (Å²) in [6.07, 6.45) is 6.81. The second-order valence-electron chi connectivity index (χ2n) is 5.22. The summed E-state index contributed by atoms with van der Waals surface area (Å²) in [5, 5.41) is 3.27. The fraction of sp³-hybridized carbons (Fsp3) is 0.600. The lowest BCUT2D eigenvalue weighted by Crippen LogP contribution is -2.40. The van der Waals surface area contributed by atoms with E-state index in [0.717, 1.165) is 31.4 Å². The minimum Gasteiger partial charge on any atom is -0.334 e. The number of carbonyl (C=O) groups is 1. The van der Waals surface area contributed by atoms with Crippen molar-refractivity contribution in [2.75, 3.05) is 13.1 Å². The van der Waals surface area contributed by atoms with E-state index in [2.05, 4.69) is 30.2 Å². The van der Waals surface area contributed by atoms with E-state index in [1.54, 1.807) is 6.20 Å². The Morgan fingerprint density at radius 1 is 1.63 bits per heavy atom. The number of likely N-dealkylation sites (tertiary alicyclic amines) is 1. The molecule has 4 heteroatoms. The van der Waals surface area contributed by atoms with Crippen LogP contribution in [0.2, 0.25) is 0 Å². The quantitative estimate of drug-likeness (QED) is 0.883. The third-order valence-corrected chi connectivity index (χ3v) is 3.86. The first-order valence-electron chi connectivity index (χ1n) is 7.15. The van der Waals surface area contributed by atoms with Gasteiger partial charge < -0.3 is 10.2 Å². The van der Waals surface area contributed by atoms with E-state index in [4.69, 9.17) is 0 Å². The average molecular weight is 261 g/mol. The van der Waals surface area contributed by atoms with Crippen LogP contribution in [0.3, 0.4) is 0 Å². The van der Waals surface area contributed by atoms with E-state index >= 15 is 0 Å². The number of pyridine rings is 1. The van der Waals surface area contributed by atoms with Gasteiger partial charge in [-0.3, -0.25) is 9.78 Å². The van der Waals surface area contributed by atoms with E-state index in [-0.39, 0.29) is 11.9 Å². The summed E-state index contributed by atoms with van der Waals surface area (Å²) in [5.41, 5.74) is 1.15. The molecule has 1 aromatic heterocycles. The Hall–Kier alpha value is -1.42. The zero-order chi connectivity index (χ0) is 13.7. The van der Waals surface area contributed by atoms with Crippen LogP contribution in [0.5, 0.6) is 0 Å². The molecule has 2 rings (SSSR count). The number of rotatable bonds is 5. The summed E-state index contributed by atoms with van der Waals surface area (Å²) in [6.45, 7) is 5.53. The monoisotopic (exact) mass is 261 g/mol. The van der Waals surface area contributed by atoms with Crippen LogP contribution >= 0.6 is 0 Å². The lowest BCUT2D eigenvalue weighted by molar-refractivity contribution is -0.131. The van der Waals surface area contributed by atoms with E-state index in [0.29, 0.717) is 12.6 Å². The van der Waals surface area contributed by atoms with Gasteiger partial charge in [0.25, 0.3) is 0 Å². The third kappa shape index (κ3) is 3.53. The van der Waals surface area contributed by atoms with Crippen molar-refractivity contribution >= 4 is 5.91 Å². The molecule has 0 saturated carbocycles. The first-order chi connectivity index (χ1) is 9.22. The van der Waals surface area contributed by atoms with Gasteiger partial charge in [0, 0.05) is 25.0 Å². The number of nitrogens with one attached hydrogen (secondary N) is 1. The van der Waals surface area contributed by atoms with Gasteiger partial charge in [-0.05, 0) is 37.8 Å². The molecule has 0 radical (unpaired) electrons.